The second-order valence-electron chi connectivity index (χ2n) is 7.78. The molecule has 2 heterocycles. The van der Waals surface area contributed by atoms with Crippen molar-refractivity contribution in [2.45, 2.75) is 51.0 Å². The van der Waals surface area contributed by atoms with Crippen LogP contribution in [0.2, 0.25) is 0 Å². The number of esters is 1. The normalized spacial score (nSPS) is 19.1. The fourth-order valence-electron chi connectivity index (χ4n) is 3.22. The van der Waals surface area contributed by atoms with Crippen molar-refractivity contribution in [2.24, 2.45) is 0 Å². The van der Waals surface area contributed by atoms with E-state index in [1.807, 2.05) is 6.07 Å². The molecule has 3 rings (SSSR count). The number of para-hydroxylation sites is 1. The van der Waals surface area contributed by atoms with Crippen molar-refractivity contribution in [3.8, 4) is 5.75 Å². The quantitative estimate of drug-likeness (QED) is 0.207. The van der Waals surface area contributed by atoms with E-state index in [0.717, 1.165) is 0 Å². The molecule has 1 aliphatic rings. The maximum Gasteiger partial charge on any atom is 0.330 e. The predicted octanol–water partition coefficient (Wildman–Crippen LogP) is 1.92. The summed E-state index contributed by atoms with van der Waals surface area (Å²) in [7, 11) is -1.77. The second kappa shape index (κ2) is 13.1. The highest BCUT2D eigenvalue weighted by Crippen LogP contribution is 2.38. The highest BCUT2D eigenvalue weighted by Gasteiger charge is 2.30. The number of benzene rings is 1. The SMILES string of the molecule is C[C@H](NP(OCC1CCC(n2ccc(=O)[nH]c2=O)O1)Oc1ccccc1)C(=O)OCCCC(=O)O. The molecule has 3 unspecified atom stereocenters. The molecule has 0 bridgehead atoms. The molecule has 0 radical (unpaired) electrons. The van der Waals surface area contributed by atoms with Crippen LogP contribution in [0.1, 0.15) is 38.8 Å². The Labute approximate surface area is 202 Å². The van der Waals surface area contributed by atoms with Crippen LogP contribution in [0.4, 0.5) is 0 Å². The molecule has 1 aromatic heterocycles. The number of H-pyrrole nitrogens is 1. The van der Waals surface area contributed by atoms with Crippen LogP contribution in [0.3, 0.4) is 0 Å². The Bertz CT molecular complexity index is 1090. The van der Waals surface area contributed by atoms with Gasteiger partial charge < -0.3 is 23.6 Å². The van der Waals surface area contributed by atoms with Crippen LogP contribution >= 0.6 is 8.53 Å². The van der Waals surface area contributed by atoms with Crippen LogP contribution in [0, 0.1) is 0 Å². The van der Waals surface area contributed by atoms with Crippen molar-refractivity contribution in [3.05, 3.63) is 63.4 Å². The number of rotatable bonds is 13. The lowest BCUT2D eigenvalue weighted by Gasteiger charge is -2.23. The third-order valence-electron chi connectivity index (χ3n) is 4.99. The average molecular weight is 509 g/mol. The van der Waals surface area contributed by atoms with Crippen LogP contribution in [-0.4, -0.2) is 52.0 Å². The summed E-state index contributed by atoms with van der Waals surface area (Å²) in [5.74, 6) is -0.974. The Morgan fingerprint density at radius 2 is 2.03 bits per heavy atom. The number of carboxylic acids is 1. The summed E-state index contributed by atoms with van der Waals surface area (Å²) < 4.78 is 24.2. The zero-order valence-electron chi connectivity index (χ0n) is 19.1. The van der Waals surface area contributed by atoms with Gasteiger partial charge in [0.2, 0.25) is 0 Å². The minimum absolute atomic E-state index is 0.00307. The first-order valence-corrected chi connectivity index (χ1v) is 12.3. The van der Waals surface area contributed by atoms with Crippen LogP contribution in [0.15, 0.2) is 52.2 Å². The minimum atomic E-state index is -1.77. The first-order valence-electron chi connectivity index (χ1n) is 11.1. The number of carbonyl (C=O) groups excluding carboxylic acids is 1. The molecule has 4 atom stereocenters. The van der Waals surface area contributed by atoms with Gasteiger partial charge in [-0.25, -0.2) is 9.88 Å². The van der Waals surface area contributed by atoms with Gasteiger partial charge in [-0.2, -0.15) is 0 Å². The summed E-state index contributed by atoms with van der Waals surface area (Å²) in [6, 6.07) is 9.43. The highest BCUT2D eigenvalue weighted by molar-refractivity contribution is 7.45. The van der Waals surface area contributed by atoms with Crippen LogP contribution in [-0.2, 0) is 23.6 Å². The topological polar surface area (TPSA) is 158 Å². The lowest BCUT2D eigenvalue weighted by Crippen LogP contribution is -2.34. The number of aliphatic carboxylic acids is 1. The van der Waals surface area contributed by atoms with Gasteiger partial charge in [0, 0.05) is 18.7 Å². The van der Waals surface area contributed by atoms with E-state index in [1.165, 1.54) is 16.8 Å². The Kier molecular flexibility index (Phi) is 9.98. The number of carboxylic acid groups (broad SMARTS) is 1. The minimum Gasteiger partial charge on any atom is -0.481 e. The fourth-order valence-corrected chi connectivity index (χ4v) is 4.43. The largest absolute Gasteiger partial charge is 0.481 e. The van der Waals surface area contributed by atoms with Crippen molar-refractivity contribution in [3.63, 3.8) is 0 Å². The summed E-state index contributed by atoms with van der Waals surface area (Å²) in [6.07, 6.45) is 1.85. The second-order valence-corrected chi connectivity index (χ2v) is 8.99. The average Bonchev–Trinajstić information content (AvgIpc) is 3.29. The molecule has 1 aliphatic heterocycles. The lowest BCUT2D eigenvalue weighted by molar-refractivity contribution is -0.146. The molecule has 0 saturated carbocycles. The molecule has 190 valence electrons. The molecule has 1 saturated heterocycles. The van der Waals surface area contributed by atoms with Crippen molar-refractivity contribution >= 4 is 20.5 Å². The number of nitrogens with one attached hydrogen (secondary N) is 2. The number of carbonyl (C=O) groups is 2. The van der Waals surface area contributed by atoms with Crippen LogP contribution in [0.5, 0.6) is 5.75 Å². The van der Waals surface area contributed by atoms with Gasteiger partial charge in [-0.1, -0.05) is 18.2 Å². The number of hydrogen-bond acceptors (Lipinski definition) is 9. The van der Waals surface area contributed by atoms with E-state index in [1.54, 1.807) is 31.2 Å². The van der Waals surface area contributed by atoms with Gasteiger partial charge >= 0.3 is 26.2 Å². The molecule has 1 aromatic carbocycles. The Balaban J connectivity index is 1.55. The maximum absolute atomic E-state index is 12.3. The zero-order valence-corrected chi connectivity index (χ0v) is 20.0. The number of nitrogens with zero attached hydrogens (tertiary/aromatic N) is 1. The smallest absolute Gasteiger partial charge is 0.330 e. The summed E-state index contributed by atoms with van der Waals surface area (Å²) in [4.78, 5) is 48.4. The number of hydrogen-bond donors (Lipinski definition) is 3. The molecule has 3 N–H and O–H groups in total. The van der Waals surface area contributed by atoms with Crippen molar-refractivity contribution < 1.29 is 33.2 Å². The van der Waals surface area contributed by atoms with E-state index in [2.05, 4.69) is 10.1 Å². The van der Waals surface area contributed by atoms with E-state index in [0.29, 0.717) is 18.6 Å². The molecule has 0 aliphatic carbocycles. The van der Waals surface area contributed by atoms with E-state index in [9.17, 15) is 19.2 Å². The first-order chi connectivity index (χ1) is 16.8. The maximum atomic E-state index is 12.3. The van der Waals surface area contributed by atoms with Crippen LogP contribution in [0.25, 0.3) is 0 Å². The summed E-state index contributed by atoms with van der Waals surface area (Å²) >= 11 is 0. The Morgan fingerprint density at radius 3 is 2.74 bits per heavy atom. The number of ether oxygens (including phenoxy) is 2. The monoisotopic (exact) mass is 509 g/mol. The Morgan fingerprint density at radius 1 is 1.26 bits per heavy atom. The third-order valence-corrected chi connectivity index (χ3v) is 6.35. The number of aromatic amines is 1. The molecule has 35 heavy (non-hydrogen) atoms. The zero-order chi connectivity index (χ0) is 25.2. The van der Waals surface area contributed by atoms with Gasteiger partial charge in [0.1, 0.15) is 18.0 Å². The molecule has 1 fully saturated rings. The standard InChI is InChI=1S/C22H28N3O9P/c1-15(21(29)31-13-5-8-20(27)28)24-35(34-16-6-3-2-4-7-16)32-14-17-9-10-19(33-17)25-12-11-18(26)23-22(25)30/h2-4,6-7,11-12,15,17,19,24H,5,8-10,13-14H2,1H3,(H,27,28)(H,23,26,30)/t15-,17?,19?,35?/m0/s1. The molecular formula is C22H28N3O9P. The van der Waals surface area contributed by atoms with Crippen molar-refractivity contribution in [1.29, 1.82) is 0 Å². The van der Waals surface area contributed by atoms with Crippen molar-refractivity contribution in [1.82, 2.24) is 14.6 Å². The van der Waals surface area contributed by atoms with Gasteiger partial charge in [-0.3, -0.25) is 23.9 Å². The van der Waals surface area contributed by atoms with Gasteiger partial charge in [-0.15, -0.1) is 0 Å². The number of aromatic nitrogens is 2. The molecule has 0 amide bonds. The molecule has 12 nitrogen and oxygen atoms in total. The van der Waals surface area contributed by atoms with E-state index >= 15 is 0 Å². The van der Waals surface area contributed by atoms with Gasteiger partial charge in [-0.05, 0) is 38.3 Å². The van der Waals surface area contributed by atoms with Crippen molar-refractivity contribution in [2.75, 3.05) is 13.2 Å². The summed E-state index contributed by atoms with van der Waals surface area (Å²) in [5.41, 5.74) is -1.02. The fraction of sp³-hybridized carbons (Fsp3) is 0.455. The van der Waals surface area contributed by atoms with E-state index in [-0.39, 0.29) is 32.2 Å². The van der Waals surface area contributed by atoms with Gasteiger partial charge in [0.05, 0.1) is 19.3 Å². The lowest BCUT2D eigenvalue weighted by atomic mass is 10.2. The van der Waals surface area contributed by atoms with E-state index < -0.39 is 44.0 Å². The predicted molar refractivity (Wildman–Crippen MR) is 125 cm³/mol. The third kappa shape index (κ3) is 8.59. The molecule has 2 aromatic rings. The molecule has 0 spiro atoms. The highest BCUT2D eigenvalue weighted by atomic mass is 31.2. The summed E-state index contributed by atoms with van der Waals surface area (Å²) in [5, 5.41) is 11.7. The first kappa shape index (κ1) is 26.6. The summed E-state index contributed by atoms with van der Waals surface area (Å²) in [6.45, 7) is 1.73. The van der Waals surface area contributed by atoms with Gasteiger partial charge in [0.25, 0.3) is 5.56 Å². The molecule has 13 heteroatoms. The van der Waals surface area contributed by atoms with Crippen LogP contribution < -0.4 is 20.9 Å². The molecular weight excluding hydrogens is 481 g/mol. The van der Waals surface area contributed by atoms with Gasteiger partial charge in [0.15, 0.2) is 0 Å². The van der Waals surface area contributed by atoms with E-state index in [4.69, 9.17) is 23.6 Å². The Hall–Kier alpha value is -3.05.